The monoisotopic (exact) mass is 494 g/mol. The van der Waals surface area contributed by atoms with Crippen LogP contribution in [-0.4, -0.2) is 30.5 Å². The molecule has 0 bridgehead atoms. The van der Waals surface area contributed by atoms with Crippen molar-refractivity contribution in [3.8, 4) is 5.75 Å². The molecule has 3 aromatic rings. The number of halogens is 1. The normalized spacial score (nSPS) is 10.4. The Balaban J connectivity index is 1.43. The first kappa shape index (κ1) is 22.7. The second-order valence-electron chi connectivity index (χ2n) is 6.41. The number of hydrogen-bond acceptors (Lipinski definition) is 5. The molecule has 0 aliphatic heterocycles. The summed E-state index contributed by atoms with van der Waals surface area (Å²) in [6.07, 6.45) is 1.38. The zero-order chi connectivity index (χ0) is 22.8. The van der Waals surface area contributed by atoms with Gasteiger partial charge in [-0.3, -0.25) is 14.4 Å². The lowest BCUT2D eigenvalue weighted by Gasteiger charge is -2.07. The van der Waals surface area contributed by atoms with Crippen LogP contribution in [-0.2, 0) is 14.4 Å². The van der Waals surface area contributed by atoms with E-state index in [0.29, 0.717) is 27.2 Å². The number of hydrazone groups is 1. The van der Waals surface area contributed by atoms with Crippen molar-refractivity contribution >= 4 is 51.2 Å². The molecule has 8 nitrogen and oxygen atoms in total. The minimum absolute atomic E-state index is 0.134. The summed E-state index contributed by atoms with van der Waals surface area (Å²) in [4.78, 5) is 35.7. The highest BCUT2D eigenvalue weighted by Crippen LogP contribution is 2.20. The van der Waals surface area contributed by atoms with Crippen molar-refractivity contribution in [3.63, 3.8) is 0 Å². The average Bonchev–Trinajstić information content (AvgIpc) is 2.80. The Morgan fingerprint density at radius 1 is 0.844 bits per heavy atom. The highest BCUT2D eigenvalue weighted by molar-refractivity contribution is 9.10. The lowest BCUT2D eigenvalue weighted by atomic mass is 10.2. The third-order valence-electron chi connectivity index (χ3n) is 4.02. The van der Waals surface area contributed by atoms with Gasteiger partial charge in [-0.1, -0.05) is 30.3 Å². The fraction of sp³-hybridized carbons (Fsp3) is 0.0435. The van der Waals surface area contributed by atoms with Crippen LogP contribution in [0.1, 0.15) is 5.56 Å². The number of hydrogen-bond donors (Lipinski definition) is 3. The fourth-order valence-electron chi connectivity index (χ4n) is 2.48. The van der Waals surface area contributed by atoms with Crippen LogP contribution in [0.15, 0.2) is 88.4 Å². The van der Waals surface area contributed by atoms with E-state index in [1.807, 2.05) is 18.2 Å². The summed E-state index contributed by atoms with van der Waals surface area (Å²) in [5, 5.41) is 8.99. The number of carbonyl (C=O) groups excluding carboxylic acids is 3. The lowest BCUT2D eigenvalue weighted by Crippen LogP contribution is -2.32. The van der Waals surface area contributed by atoms with E-state index in [2.05, 4.69) is 37.1 Å². The van der Waals surface area contributed by atoms with Gasteiger partial charge in [0.05, 0.1) is 11.9 Å². The molecule has 0 fully saturated rings. The van der Waals surface area contributed by atoms with Crippen molar-refractivity contribution in [2.24, 2.45) is 5.10 Å². The molecule has 0 radical (unpaired) electrons. The number of ether oxygens (including phenoxy) is 1. The van der Waals surface area contributed by atoms with Gasteiger partial charge in [0.2, 0.25) is 0 Å². The first-order valence-electron chi connectivity index (χ1n) is 9.48. The van der Waals surface area contributed by atoms with Gasteiger partial charge in [0.25, 0.3) is 5.91 Å². The van der Waals surface area contributed by atoms with E-state index in [4.69, 9.17) is 4.74 Å². The van der Waals surface area contributed by atoms with Crippen LogP contribution in [0.5, 0.6) is 5.75 Å². The molecule has 0 aliphatic carbocycles. The molecule has 3 aromatic carbocycles. The summed E-state index contributed by atoms with van der Waals surface area (Å²) < 4.78 is 6.11. The summed E-state index contributed by atoms with van der Waals surface area (Å²) in [5.41, 5.74) is 4.00. The number of rotatable bonds is 7. The zero-order valence-corrected chi connectivity index (χ0v) is 18.3. The molecule has 32 heavy (non-hydrogen) atoms. The van der Waals surface area contributed by atoms with Gasteiger partial charge in [-0.25, -0.2) is 5.43 Å². The summed E-state index contributed by atoms with van der Waals surface area (Å²) in [7, 11) is 0. The third-order valence-corrected chi connectivity index (χ3v) is 4.71. The van der Waals surface area contributed by atoms with Crippen molar-refractivity contribution in [2.75, 3.05) is 17.2 Å². The Morgan fingerprint density at radius 2 is 1.53 bits per heavy atom. The molecule has 3 amide bonds. The van der Waals surface area contributed by atoms with Crippen molar-refractivity contribution in [2.45, 2.75) is 0 Å². The van der Waals surface area contributed by atoms with Crippen LogP contribution in [0.4, 0.5) is 11.4 Å². The van der Waals surface area contributed by atoms with Crippen molar-refractivity contribution < 1.29 is 19.1 Å². The maximum Gasteiger partial charge on any atom is 0.329 e. The molecule has 3 rings (SSSR count). The molecule has 0 spiro atoms. The van der Waals surface area contributed by atoms with E-state index in [0.717, 1.165) is 0 Å². The van der Waals surface area contributed by atoms with E-state index in [1.165, 1.54) is 6.21 Å². The molecule has 162 valence electrons. The number of benzene rings is 3. The predicted molar refractivity (Wildman–Crippen MR) is 126 cm³/mol. The second-order valence-corrected chi connectivity index (χ2v) is 7.26. The molecule has 9 heteroatoms. The van der Waals surface area contributed by atoms with Crippen LogP contribution < -0.4 is 20.8 Å². The number of carbonyl (C=O) groups is 3. The Hall–Kier alpha value is -3.98. The van der Waals surface area contributed by atoms with Gasteiger partial charge in [0, 0.05) is 10.2 Å². The van der Waals surface area contributed by atoms with E-state index in [9.17, 15) is 14.4 Å². The average molecular weight is 495 g/mol. The first-order valence-corrected chi connectivity index (χ1v) is 10.3. The summed E-state index contributed by atoms with van der Waals surface area (Å²) in [6, 6.07) is 22.7. The van der Waals surface area contributed by atoms with Crippen molar-refractivity contribution in [3.05, 3.63) is 88.9 Å². The van der Waals surface area contributed by atoms with Crippen LogP contribution in [0.2, 0.25) is 0 Å². The van der Waals surface area contributed by atoms with E-state index in [-0.39, 0.29) is 12.5 Å². The Morgan fingerprint density at radius 3 is 2.25 bits per heavy atom. The van der Waals surface area contributed by atoms with Crippen LogP contribution in [0.25, 0.3) is 0 Å². The molecule has 0 unspecified atom stereocenters. The Bertz CT molecular complexity index is 1120. The quantitative estimate of drug-likeness (QED) is 0.265. The molecule has 0 saturated carbocycles. The van der Waals surface area contributed by atoms with Gasteiger partial charge in [-0.2, -0.15) is 5.10 Å². The molecule has 0 aromatic heterocycles. The highest BCUT2D eigenvalue weighted by Gasteiger charge is 2.13. The van der Waals surface area contributed by atoms with Crippen molar-refractivity contribution in [1.29, 1.82) is 0 Å². The standard InChI is InChI=1S/C23H19BrN4O4/c24-19-8-4-5-9-20(19)27-22(30)23(31)28-25-14-16-10-12-18(13-11-16)32-15-21(29)26-17-6-2-1-3-7-17/h1-14H,15H2,(H,26,29)(H,27,30)(H,28,31)/b25-14-. The molecule has 0 aliphatic rings. The third kappa shape index (κ3) is 7.06. The van der Waals surface area contributed by atoms with E-state index < -0.39 is 11.8 Å². The van der Waals surface area contributed by atoms with Crippen LogP contribution in [0, 0.1) is 0 Å². The topological polar surface area (TPSA) is 109 Å². The SMILES string of the molecule is O=C(COc1ccc(/C=N\NC(=O)C(=O)Nc2ccccc2Br)cc1)Nc1ccccc1. The van der Waals surface area contributed by atoms with Crippen LogP contribution in [0.3, 0.4) is 0 Å². The largest absolute Gasteiger partial charge is 0.484 e. The summed E-state index contributed by atoms with van der Waals surface area (Å²) in [5.74, 6) is -1.51. The minimum atomic E-state index is -0.901. The molecule has 0 saturated heterocycles. The Kier molecular flexibility index (Phi) is 8.10. The van der Waals surface area contributed by atoms with Gasteiger partial charge in [-0.05, 0) is 70.0 Å². The zero-order valence-electron chi connectivity index (χ0n) is 16.7. The lowest BCUT2D eigenvalue weighted by molar-refractivity contribution is -0.136. The van der Waals surface area contributed by atoms with Crippen molar-refractivity contribution in [1.82, 2.24) is 5.43 Å². The highest BCUT2D eigenvalue weighted by atomic mass is 79.9. The number of amides is 3. The van der Waals surface area contributed by atoms with Gasteiger partial charge in [0.15, 0.2) is 6.61 Å². The molecular formula is C23H19BrN4O4. The van der Waals surface area contributed by atoms with Gasteiger partial charge in [-0.15, -0.1) is 0 Å². The van der Waals surface area contributed by atoms with Crippen LogP contribution >= 0.6 is 15.9 Å². The molecule has 0 atom stereocenters. The fourth-order valence-corrected chi connectivity index (χ4v) is 2.86. The number of nitrogens with zero attached hydrogens (tertiary/aromatic N) is 1. The number of para-hydroxylation sites is 2. The predicted octanol–water partition coefficient (Wildman–Crippen LogP) is 3.56. The van der Waals surface area contributed by atoms with E-state index >= 15 is 0 Å². The number of nitrogens with one attached hydrogen (secondary N) is 3. The Labute approximate surface area is 192 Å². The molecule has 0 heterocycles. The second kappa shape index (κ2) is 11.4. The molecule has 3 N–H and O–H groups in total. The summed E-state index contributed by atoms with van der Waals surface area (Å²) in [6.45, 7) is -0.134. The van der Waals surface area contributed by atoms with Gasteiger partial charge < -0.3 is 15.4 Å². The smallest absolute Gasteiger partial charge is 0.329 e. The first-order chi connectivity index (χ1) is 15.5. The maximum absolute atomic E-state index is 11.9. The molecular weight excluding hydrogens is 476 g/mol. The summed E-state index contributed by atoms with van der Waals surface area (Å²) >= 11 is 3.29. The van der Waals surface area contributed by atoms with Gasteiger partial charge in [0.1, 0.15) is 5.75 Å². The maximum atomic E-state index is 11.9. The van der Waals surface area contributed by atoms with Gasteiger partial charge >= 0.3 is 11.8 Å². The van der Waals surface area contributed by atoms with E-state index in [1.54, 1.807) is 60.7 Å². The minimum Gasteiger partial charge on any atom is -0.484 e. The number of anilines is 2.